The first kappa shape index (κ1) is 22.2. The predicted octanol–water partition coefficient (Wildman–Crippen LogP) is 3.01. The molecule has 0 radical (unpaired) electrons. The number of likely N-dealkylation sites (tertiary alicyclic amines) is 1. The van der Waals surface area contributed by atoms with Crippen LogP contribution in [-0.4, -0.2) is 51.7 Å². The Kier molecular flexibility index (Phi) is 7.44. The quantitative estimate of drug-likeness (QED) is 0.695. The van der Waals surface area contributed by atoms with Crippen LogP contribution in [0, 0.1) is 5.82 Å². The maximum Gasteiger partial charge on any atom is 0.251 e. The first-order valence-electron chi connectivity index (χ1n) is 10.2. The van der Waals surface area contributed by atoms with Gasteiger partial charge in [-0.1, -0.05) is 18.6 Å². The number of hydrogen-bond donors (Lipinski definition) is 1. The molecule has 1 fully saturated rings. The molecule has 1 aliphatic rings. The van der Waals surface area contributed by atoms with Gasteiger partial charge in [-0.05, 0) is 67.9 Å². The number of nitrogens with zero attached hydrogens (tertiary/aromatic N) is 2. The van der Waals surface area contributed by atoms with Crippen molar-refractivity contribution in [1.82, 2.24) is 10.2 Å². The number of hydrogen-bond acceptors (Lipinski definition) is 4. The zero-order valence-corrected chi connectivity index (χ0v) is 18.0. The lowest BCUT2D eigenvalue weighted by atomic mass is 10.1. The van der Waals surface area contributed by atoms with Gasteiger partial charge in [0.25, 0.3) is 5.91 Å². The van der Waals surface area contributed by atoms with Crippen LogP contribution in [0.1, 0.15) is 35.2 Å². The molecular weight excluding hydrogens is 405 g/mol. The summed E-state index contributed by atoms with van der Waals surface area (Å²) in [5.74, 6) is -0.552. The van der Waals surface area contributed by atoms with Crippen LogP contribution in [0.3, 0.4) is 0 Å². The molecule has 0 atom stereocenters. The third-order valence-electron chi connectivity index (χ3n) is 5.22. The van der Waals surface area contributed by atoms with Gasteiger partial charge in [0.2, 0.25) is 10.0 Å². The van der Waals surface area contributed by atoms with Crippen LogP contribution in [0.25, 0.3) is 0 Å². The Hall–Kier alpha value is -2.45. The van der Waals surface area contributed by atoms with Crippen molar-refractivity contribution in [2.24, 2.45) is 0 Å². The van der Waals surface area contributed by atoms with Crippen molar-refractivity contribution in [3.63, 3.8) is 0 Å². The van der Waals surface area contributed by atoms with Crippen LogP contribution < -0.4 is 9.62 Å². The zero-order valence-electron chi connectivity index (χ0n) is 17.2. The summed E-state index contributed by atoms with van der Waals surface area (Å²) < 4.78 is 38.9. The van der Waals surface area contributed by atoms with Crippen molar-refractivity contribution >= 4 is 21.6 Å². The lowest BCUT2D eigenvalue weighted by Gasteiger charge is -2.26. The molecule has 2 aromatic rings. The Morgan fingerprint density at radius 1 is 1.03 bits per heavy atom. The second kappa shape index (κ2) is 10.0. The topological polar surface area (TPSA) is 69.7 Å². The first-order chi connectivity index (χ1) is 14.3. The number of piperidine rings is 1. The molecule has 1 heterocycles. The van der Waals surface area contributed by atoms with Gasteiger partial charge >= 0.3 is 0 Å². The van der Waals surface area contributed by atoms with Gasteiger partial charge < -0.3 is 10.2 Å². The van der Waals surface area contributed by atoms with E-state index in [0.717, 1.165) is 25.9 Å². The number of carbonyl (C=O) groups is 1. The zero-order chi connectivity index (χ0) is 21.6. The van der Waals surface area contributed by atoms with Crippen molar-refractivity contribution in [1.29, 1.82) is 0 Å². The SMILES string of the molecule is CS(=O)(=O)N(Cc1ccc(F)cc1)c1ccc(C(=O)NCCN2CCCCC2)cc1. The fraction of sp³-hybridized carbons (Fsp3) is 0.409. The monoisotopic (exact) mass is 433 g/mol. The van der Waals surface area contributed by atoms with Gasteiger partial charge in [0, 0.05) is 18.7 Å². The number of benzene rings is 2. The van der Waals surface area contributed by atoms with Crippen molar-refractivity contribution in [2.75, 3.05) is 36.7 Å². The normalized spacial score (nSPS) is 15.0. The molecule has 2 aromatic carbocycles. The average Bonchev–Trinajstić information content (AvgIpc) is 2.73. The number of rotatable bonds is 8. The highest BCUT2D eigenvalue weighted by Gasteiger charge is 2.18. The number of amides is 1. The second-order valence-corrected chi connectivity index (χ2v) is 9.51. The average molecular weight is 434 g/mol. The van der Waals surface area contributed by atoms with Gasteiger partial charge in [0.1, 0.15) is 5.82 Å². The minimum absolute atomic E-state index is 0.0838. The molecule has 8 heteroatoms. The fourth-order valence-electron chi connectivity index (χ4n) is 3.55. The van der Waals surface area contributed by atoms with Crippen LogP contribution >= 0.6 is 0 Å². The Balaban J connectivity index is 1.62. The van der Waals surface area contributed by atoms with Crippen LogP contribution in [-0.2, 0) is 16.6 Å². The van der Waals surface area contributed by atoms with Gasteiger partial charge in [-0.15, -0.1) is 0 Å². The van der Waals surface area contributed by atoms with E-state index in [9.17, 15) is 17.6 Å². The Morgan fingerprint density at radius 3 is 2.27 bits per heavy atom. The summed E-state index contributed by atoms with van der Waals surface area (Å²) in [6.45, 7) is 3.67. The van der Waals surface area contributed by atoms with Gasteiger partial charge in [0.15, 0.2) is 0 Å². The smallest absolute Gasteiger partial charge is 0.251 e. The van der Waals surface area contributed by atoms with Crippen LogP contribution in [0.5, 0.6) is 0 Å². The summed E-state index contributed by atoms with van der Waals surface area (Å²) in [5.41, 5.74) is 1.60. The number of nitrogens with one attached hydrogen (secondary N) is 1. The molecule has 1 aliphatic heterocycles. The van der Waals surface area contributed by atoms with Gasteiger partial charge in [-0.2, -0.15) is 0 Å². The van der Waals surface area contributed by atoms with Gasteiger partial charge in [-0.25, -0.2) is 12.8 Å². The van der Waals surface area contributed by atoms with E-state index in [1.807, 2.05) is 0 Å². The molecule has 6 nitrogen and oxygen atoms in total. The van der Waals surface area contributed by atoms with E-state index >= 15 is 0 Å². The second-order valence-electron chi connectivity index (χ2n) is 7.60. The van der Waals surface area contributed by atoms with E-state index in [2.05, 4.69) is 10.2 Å². The molecule has 1 amide bonds. The highest BCUT2D eigenvalue weighted by molar-refractivity contribution is 7.92. The Labute approximate surface area is 177 Å². The molecule has 1 saturated heterocycles. The minimum Gasteiger partial charge on any atom is -0.351 e. The maximum absolute atomic E-state index is 13.1. The molecular formula is C22H28FN3O3S. The molecule has 3 rings (SSSR count). The van der Waals surface area contributed by atoms with Crippen molar-refractivity contribution in [3.8, 4) is 0 Å². The lowest BCUT2D eigenvalue weighted by Crippen LogP contribution is -2.37. The lowest BCUT2D eigenvalue weighted by molar-refractivity contribution is 0.0946. The molecule has 0 aromatic heterocycles. The van der Waals surface area contributed by atoms with Crippen LogP contribution in [0.15, 0.2) is 48.5 Å². The third kappa shape index (κ3) is 6.27. The molecule has 1 N–H and O–H groups in total. The van der Waals surface area contributed by atoms with E-state index in [0.29, 0.717) is 23.4 Å². The summed E-state index contributed by atoms with van der Waals surface area (Å²) in [4.78, 5) is 14.7. The summed E-state index contributed by atoms with van der Waals surface area (Å²) >= 11 is 0. The Bertz CT molecular complexity index is 941. The molecule has 0 aliphatic carbocycles. The standard InChI is InChI=1S/C22H28FN3O3S/c1-30(28,29)26(17-18-5-9-20(23)10-6-18)21-11-7-19(8-12-21)22(27)24-13-16-25-14-3-2-4-15-25/h5-12H,2-4,13-17H2,1H3,(H,24,27). The summed E-state index contributed by atoms with van der Waals surface area (Å²) in [6, 6.07) is 12.2. The van der Waals surface area contributed by atoms with Crippen molar-refractivity contribution < 1.29 is 17.6 Å². The molecule has 0 saturated carbocycles. The number of carbonyl (C=O) groups excluding carboxylic acids is 1. The fourth-order valence-corrected chi connectivity index (χ4v) is 4.44. The predicted molar refractivity (Wildman–Crippen MR) is 116 cm³/mol. The minimum atomic E-state index is -3.55. The number of halogens is 1. The molecule has 0 spiro atoms. The largest absolute Gasteiger partial charge is 0.351 e. The van der Waals surface area contributed by atoms with E-state index in [4.69, 9.17) is 0 Å². The molecule has 162 valence electrons. The number of sulfonamides is 1. The maximum atomic E-state index is 13.1. The number of anilines is 1. The van der Waals surface area contributed by atoms with Gasteiger partial charge in [0.05, 0.1) is 18.5 Å². The van der Waals surface area contributed by atoms with E-state index in [1.54, 1.807) is 36.4 Å². The van der Waals surface area contributed by atoms with Crippen molar-refractivity contribution in [2.45, 2.75) is 25.8 Å². The van der Waals surface area contributed by atoms with Crippen LogP contribution in [0.4, 0.5) is 10.1 Å². The molecule has 0 bridgehead atoms. The summed E-state index contributed by atoms with van der Waals surface area (Å²) in [7, 11) is -3.55. The summed E-state index contributed by atoms with van der Waals surface area (Å²) in [6.07, 6.45) is 4.83. The van der Waals surface area contributed by atoms with E-state index < -0.39 is 10.0 Å². The summed E-state index contributed by atoms with van der Waals surface area (Å²) in [5, 5.41) is 2.92. The third-order valence-corrected chi connectivity index (χ3v) is 6.36. The first-order valence-corrected chi connectivity index (χ1v) is 12.0. The van der Waals surface area contributed by atoms with E-state index in [1.165, 1.54) is 35.7 Å². The molecule has 30 heavy (non-hydrogen) atoms. The highest BCUT2D eigenvalue weighted by atomic mass is 32.2. The Morgan fingerprint density at radius 2 is 1.67 bits per heavy atom. The molecule has 0 unspecified atom stereocenters. The van der Waals surface area contributed by atoms with E-state index in [-0.39, 0.29) is 18.3 Å². The van der Waals surface area contributed by atoms with Crippen molar-refractivity contribution in [3.05, 3.63) is 65.5 Å². The highest BCUT2D eigenvalue weighted by Crippen LogP contribution is 2.21. The van der Waals surface area contributed by atoms with Gasteiger partial charge in [-0.3, -0.25) is 9.10 Å². The van der Waals surface area contributed by atoms with Crippen LogP contribution in [0.2, 0.25) is 0 Å².